The largest absolute Gasteiger partial charge is 0.273 e. The number of anilines is 1. The first-order chi connectivity index (χ1) is 9.98. The summed E-state index contributed by atoms with van der Waals surface area (Å²) >= 11 is 4.57. The van der Waals surface area contributed by atoms with Crippen LogP contribution in [-0.4, -0.2) is 23.0 Å². The summed E-state index contributed by atoms with van der Waals surface area (Å²) in [5.41, 5.74) is 0.566. The maximum absolute atomic E-state index is 12.3. The van der Waals surface area contributed by atoms with Gasteiger partial charge in [-0.05, 0) is 46.6 Å². The van der Waals surface area contributed by atoms with Crippen LogP contribution in [0.1, 0.15) is 11.8 Å². The molecule has 0 aliphatic carbocycles. The highest BCUT2D eigenvalue weighted by atomic mass is 79.9. The van der Waals surface area contributed by atoms with E-state index in [1.807, 2.05) is 19.1 Å². The van der Waals surface area contributed by atoms with Gasteiger partial charge in [0, 0.05) is 15.5 Å². The number of rotatable bonds is 4. The van der Waals surface area contributed by atoms with Crippen LogP contribution in [0, 0.1) is 0 Å². The Morgan fingerprint density at radius 1 is 1.33 bits per heavy atom. The number of hydrogen-bond acceptors (Lipinski definition) is 5. The van der Waals surface area contributed by atoms with Gasteiger partial charge in [-0.3, -0.25) is 0 Å². The van der Waals surface area contributed by atoms with Gasteiger partial charge in [0.05, 0.1) is 0 Å². The van der Waals surface area contributed by atoms with Crippen LogP contribution in [-0.2, 0) is 16.4 Å². The van der Waals surface area contributed by atoms with Crippen LogP contribution < -0.4 is 4.72 Å². The van der Waals surface area contributed by atoms with Crippen LogP contribution in [0.4, 0.5) is 5.95 Å². The van der Waals surface area contributed by atoms with Gasteiger partial charge >= 0.3 is 0 Å². The number of nitrogens with zero attached hydrogens (tertiary/aromatic N) is 3. The van der Waals surface area contributed by atoms with E-state index in [-0.39, 0.29) is 10.2 Å². The SMILES string of the molecule is CCc1ccc(S(=O)(=O)Nc2nc3ccc(Br)cn3n2)s1. The van der Waals surface area contributed by atoms with E-state index in [0.29, 0.717) is 5.65 Å². The summed E-state index contributed by atoms with van der Waals surface area (Å²) in [5.74, 6) is 0.0551. The lowest BCUT2D eigenvalue weighted by atomic mass is 10.4. The molecule has 0 saturated heterocycles. The molecule has 0 saturated carbocycles. The predicted octanol–water partition coefficient (Wildman–Crippen LogP) is 2.92. The standard InChI is InChI=1S/C12H11BrN4O2S2/c1-2-9-4-6-11(20-9)21(18,19)16-12-14-10-5-3-8(13)7-17(10)15-12/h3-7H,2H2,1H3,(H,15,16). The minimum absolute atomic E-state index is 0.0551. The average molecular weight is 387 g/mol. The molecule has 110 valence electrons. The third-order valence-electron chi connectivity index (χ3n) is 2.77. The van der Waals surface area contributed by atoms with Gasteiger partial charge < -0.3 is 0 Å². The molecule has 0 aliphatic heterocycles. The van der Waals surface area contributed by atoms with Crippen LogP contribution in [0.15, 0.2) is 39.1 Å². The topological polar surface area (TPSA) is 76.4 Å². The molecule has 6 nitrogen and oxygen atoms in total. The molecule has 3 rings (SSSR count). The van der Waals surface area contributed by atoms with Gasteiger partial charge in [0.15, 0.2) is 5.65 Å². The second-order valence-corrected chi connectivity index (χ2v) is 8.26. The summed E-state index contributed by atoms with van der Waals surface area (Å²) < 4.78 is 29.6. The second kappa shape index (κ2) is 5.39. The Labute approximate surface area is 134 Å². The fourth-order valence-corrected chi connectivity index (χ4v) is 4.32. The Bertz CT molecular complexity index is 901. The van der Waals surface area contributed by atoms with E-state index in [1.165, 1.54) is 15.9 Å². The van der Waals surface area contributed by atoms with Crippen LogP contribution in [0.25, 0.3) is 5.65 Å². The van der Waals surface area contributed by atoms with Gasteiger partial charge in [-0.2, -0.15) is 4.98 Å². The number of fused-ring (bicyclic) bond motifs is 1. The van der Waals surface area contributed by atoms with Crippen molar-refractivity contribution < 1.29 is 8.42 Å². The molecule has 9 heteroatoms. The van der Waals surface area contributed by atoms with E-state index < -0.39 is 10.0 Å². The van der Waals surface area contributed by atoms with Crippen molar-refractivity contribution in [3.8, 4) is 0 Å². The number of hydrogen-bond donors (Lipinski definition) is 1. The zero-order valence-electron chi connectivity index (χ0n) is 10.9. The predicted molar refractivity (Wildman–Crippen MR) is 85.2 cm³/mol. The Balaban J connectivity index is 1.93. The van der Waals surface area contributed by atoms with Gasteiger partial charge in [0.25, 0.3) is 16.0 Å². The van der Waals surface area contributed by atoms with Crippen molar-refractivity contribution in [2.24, 2.45) is 0 Å². The molecule has 0 spiro atoms. The number of sulfonamides is 1. The fourth-order valence-electron chi connectivity index (χ4n) is 1.76. The molecule has 3 heterocycles. The highest BCUT2D eigenvalue weighted by Crippen LogP contribution is 2.23. The normalized spacial score (nSPS) is 11.9. The molecule has 3 aromatic rings. The van der Waals surface area contributed by atoms with Crippen molar-refractivity contribution in [1.82, 2.24) is 14.6 Å². The number of thiophene rings is 1. The van der Waals surface area contributed by atoms with Crippen molar-refractivity contribution in [2.75, 3.05) is 4.72 Å². The molecule has 0 atom stereocenters. The monoisotopic (exact) mass is 386 g/mol. The molecular weight excluding hydrogens is 376 g/mol. The molecular formula is C12H11BrN4O2S2. The van der Waals surface area contributed by atoms with E-state index in [9.17, 15) is 8.42 Å². The lowest BCUT2D eigenvalue weighted by Crippen LogP contribution is -2.12. The number of halogens is 1. The molecule has 0 fully saturated rings. The van der Waals surface area contributed by atoms with Gasteiger partial charge in [0.2, 0.25) is 0 Å². The number of pyridine rings is 1. The zero-order valence-corrected chi connectivity index (χ0v) is 14.2. The Kier molecular flexibility index (Phi) is 3.72. The average Bonchev–Trinajstić information content (AvgIpc) is 3.03. The summed E-state index contributed by atoms with van der Waals surface area (Å²) in [7, 11) is -3.64. The zero-order chi connectivity index (χ0) is 15.0. The van der Waals surface area contributed by atoms with Gasteiger partial charge in [-0.15, -0.1) is 16.4 Å². The van der Waals surface area contributed by atoms with E-state index in [4.69, 9.17) is 0 Å². The molecule has 0 aromatic carbocycles. The van der Waals surface area contributed by atoms with Crippen LogP contribution in [0.3, 0.4) is 0 Å². The van der Waals surface area contributed by atoms with Crippen molar-refractivity contribution >= 4 is 48.9 Å². The molecule has 0 aliphatic rings. The first kappa shape index (κ1) is 14.5. The first-order valence-electron chi connectivity index (χ1n) is 6.11. The third kappa shape index (κ3) is 2.94. The van der Waals surface area contributed by atoms with Crippen molar-refractivity contribution in [1.29, 1.82) is 0 Å². The minimum Gasteiger partial charge on any atom is -0.245 e. The van der Waals surface area contributed by atoms with E-state index in [0.717, 1.165) is 15.8 Å². The van der Waals surface area contributed by atoms with E-state index >= 15 is 0 Å². The first-order valence-corrected chi connectivity index (χ1v) is 9.20. The van der Waals surface area contributed by atoms with Crippen LogP contribution in [0.5, 0.6) is 0 Å². The lowest BCUT2D eigenvalue weighted by molar-refractivity contribution is 0.602. The number of aryl methyl sites for hydroxylation is 1. The van der Waals surface area contributed by atoms with Crippen molar-refractivity contribution in [3.05, 3.63) is 39.8 Å². The molecule has 1 N–H and O–H groups in total. The summed E-state index contributed by atoms with van der Waals surface area (Å²) in [4.78, 5) is 5.15. The van der Waals surface area contributed by atoms with E-state index in [1.54, 1.807) is 18.3 Å². The third-order valence-corrected chi connectivity index (χ3v) is 6.29. The molecule has 0 radical (unpaired) electrons. The lowest BCUT2D eigenvalue weighted by Gasteiger charge is -2.00. The molecule has 21 heavy (non-hydrogen) atoms. The highest BCUT2D eigenvalue weighted by Gasteiger charge is 2.19. The highest BCUT2D eigenvalue weighted by molar-refractivity contribution is 9.10. The Morgan fingerprint density at radius 3 is 2.86 bits per heavy atom. The van der Waals surface area contributed by atoms with Gasteiger partial charge in [0.1, 0.15) is 4.21 Å². The smallest absolute Gasteiger partial charge is 0.245 e. The van der Waals surface area contributed by atoms with Gasteiger partial charge in [-0.1, -0.05) is 6.92 Å². The summed E-state index contributed by atoms with van der Waals surface area (Å²) in [6.07, 6.45) is 2.52. The number of nitrogens with one attached hydrogen (secondary N) is 1. The van der Waals surface area contributed by atoms with E-state index in [2.05, 4.69) is 30.7 Å². The van der Waals surface area contributed by atoms with Gasteiger partial charge in [-0.25, -0.2) is 17.7 Å². The molecule has 3 aromatic heterocycles. The minimum atomic E-state index is -3.64. The Morgan fingerprint density at radius 2 is 2.14 bits per heavy atom. The number of aromatic nitrogens is 3. The quantitative estimate of drug-likeness (QED) is 0.747. The van der Waals surface area contributed by atoms with Crippen molar-refractivity contribution in [2.45, 2.75) is 17.6 Å². The Hall–Kier alpha value is -1.45. The molecule has 0 amide bonds. The summed E-state index contributed by atoms with van der Waals surface area (Å²) in [6, 6.07) is 6.97. The van der Waals surface area contributed by atoms with Crippen LogP contribution >= 0.6 is 27.3 Å². The summed E-state index contributed by atoms with van der Waals surface area (Å²) in [6.45, 7) is 1.98. The fraction of sp³-hybridized carbons (Fsp3) is 0.167. The maximum Gasteiger partial charge on any atom is 0.273 e. The van der Waals surface area contributed by atoms with Crippen molar-refractivity contribution in [3.63, 3.8) is 0 Å². The maximum atomic E-state index is 12.3. The summed E-state index contributed by atoms with van der Waals surface area (Å²) in [5, 5.41) is 4.10. The van der Waals surface area contributed by atoms with Crippen LogP contribution in [0.2, 0.25) is 0 Å². The molecule has 0 bridgehead atoms. The molecule has 0 unspecified atom stereocenters. The second-order valence-electron chi connectivity index (χ2n) is 4.27.